The fourth-order valence-electron chi connectivity index (χ4n) is 2.34. The molecule has 6 heteroatoms. The maximum Gasteiger partial charge on any atom is 0.191 e. The van der Waals surface area contributed by atoms with Crippen LogP contribution in [0.25, 0.3) is 11.4 Å². The Morgan fingerprint density at radius 3 is 2.46 bits per heavy atom. The highest BCUT2D eigenvalue weighted by molar-refractivity contribution is 8.00. The van der Waals surface area contributed by atoms with Gasteiger partial charge in [0.1, 0.15) is 0 Å². The molecule has 1 aromatic heterocycles. The van der Waals surface area contributed by atoms with Gasteiger partial charge in [-0.1, -0.05) is 65.8 Å². The topological polar surface area (TPSA) is 47.8 Å². The van der Waals surface area contributed by atoms with Crippen molar-refractivity contribution in [1.82, 2.24) is 14.8 Å². The third-order valence-electron chi connectivity index (χ3n) is 3.66. The van der Waals surface area contributed by atoms with Crippen molar-refractivity contribution in [2.75, 3.05) is 0 Å². The Morgan fingerprint density at radius 2 is 1.75 bits per heavy atom. The van der Waals surface area contributed by atoms with Gasteiger partial charge in [0.05, 0.1) is 10.3 Å². The van der Waals surface area contributed by atoms with Crippen molar-refractivity contribution in [2.24, 2.45) is 7.05 Å². The largest absolute Gasteiger partial charge is 0.305 e. The van der Waals surface area contributed by atoms with E-state index in [4.69, 9.17) is 11.6 Å². The molecule has 0 bridgehead atoms. The third kappa shape index (κ3) is 3.37. The minimum atomic E-state index is -0.255. The molecule has 0 spiro atoms. The van der Waals surface area contributed by atoms with Gasteiger partial charge < -0.3 is 4.57 Å². The van der Waals surface area contributed by atoms with Gasteiger partial charge in [-0.2, -0.15) is 0 Å². The van der Waals surface area contributed by atoms with E-state index in [2.05, 4.69) is 10.2 Å². The lowest BCUT2D eigenvalue weighted by molar-refractivity contribution is 0.0994. The fourth-order valence-corrected chi connectivity index (χ4v) is 3.46. The Bertz CT molecular complexity index is 864. The molecule has 1 atom stereocenters. The summed E-state index contributed by atoms with van der Waals surface area (Å²) < 4.78 is 1.86. The maximum atomic E-state index is 12.5. The van der Waals surface area contributed by atoms with Crippen LogP contribution in [-0.4, -0.2) is 25.8 Å². The molecule has 4 nitrogen and oxygen atoms in total. The number of Topliss-reactive ketones (excluding diaryl/α,β-unsaturated/α-hetero) is 1. The van der Waals surface area contributed by atoms with Gasteiger partial charge in [-0.15, -0.1) is 10.2 Å². The van der Waals surface area contributed by atoms with Crippen LogP contribution in [-0.2, 0) is 7.05 Å². The van der Waals surface area contributed by atoms with Gasteiger partial charge in [0.2, 0.25) is 0 Å². The van der Waals surface area contributed by atoms with Gasteiger partial charge in [0, 0.05) is 18.2 Å². The predicted octanol–water partition coefficient (Wildman–Crippen LogP) is 4.50. The lowest BCUT2D eigenvalue weighted by Gasteiger charge is -2.10. The first-order chi connectivity index (χ1) is 11.6. The van der Waals surface area contributed by atoms with Gasteiger partial charge in [-0.25, -0.2) is 0 Å². The summed E-state index contributed by atoms with van der Waals surface area (Å²) >= 11 is 7.63. The smallest absolute Gasteiger partial charge is 0.191 e. The fraction of sp³-hybridized carbons (Fsp3) is 0.167. The number of halogens is 1. The van der Waals surface area contributed by atoms with Crippen LogP contribution in [0.5, 0.6) is 0 Å². The van der Waals surface area contributed by atoms with Crippen LogP contribution >= 0.6 is 23.4 Å². The first-order valence-electron chi connectivity index (χ1n) is 7.48. The Kier molecular flexibility index (Phi) is 5.02. The molecule has 0 fully saturated rings. The van der Waals surface area contributed by atoms with Gasteiger partial charge in [0.15, 0.2) is 16.8 Å². The SMILES string of the molecule is C[C@H](Sc1nnc(-c2ccccc2Cl)n1C)C(=O)c1ccccc1. The second-order valence-electron chi connectivity index (χ2n) is 5.34. The summed E-state index contributed by atoms with van der Waals surface area (Å²) in [7, 11) is 1.88. The third-order valence-corrected chi connectivity index (χ3v) is 5.12. The van der Waals surface area contributed by atoms with E-state index >= 15 is 0 Å². The molecular weight excluding hydrogens is 342 g/mol. The molecule has 0 unspecified atom stereocenters. The molecular formula is C18H16ClN3OS. The van der Waals surface area contributed by atoms with Crippen LogP contribution in [0.1, 0.15) is 17.3 Å². The summed E-state index contributed by atoms with van der Waals surface area (Å²) in [5.41, 5.74) is 1.52. The van der Waals surface area contributed by atoms with Crippen molar-refractivity contribution < 1.29 is 4.79 Å². The molecule has 122 valence electrons. The van der Waals surface area contributed by atoms with E-state index in [-0.39, 0.29) is 11.0 Å². The maximum absolute atomic E-state index is 12.5. The summed E-state index contributed by atoms with van der Waals surface area (Å²) in [5.74, 6) is 0.755. The van der Waals surface area contributed by atoms with Crippen LogP contribution in [0.3, 0.4) is 0 Å². The summed E-state index contributed by atoms with van der Waals surface area (Å²) in [6.07, 6.45) is 0. The minimum Gasteiger partial charge on any atom is -0.305 e. The van der Waals surface area contributed by atoms with Crippen LogP contribution in [0.4, 0.5) is 0 Å². The average molecular weight is 358 g/mol. The lowest BCUT2D eigenvalue weighted by Crippen LogP contribution is -2.14. The first-order valence-corrected chi connectivity index (χ1v) is 8.74. The van der Waals surface area contributed by atoms with Crippen LogP contribution in [0, 0.1) is 0 Å². The van der Waals surface area contributed by atoms with Crippen molar-refractivity contribution in [3.8, 4) is 11.4 Å². The van der Waals surface area contributed by atoms with Gasteiger partial charge >= 0.3 is 0 Å². The molecule has 0 saturated carbocycles. The molecule has 2 aromatic carbocycles. The van der Waals surface area contributed by atoms with E-state index in [1.807, 2.05) is 73.1 Å². The molecule has 0 aliphatic carbocycles. The molecule has 0 aliphatic heterocycles. The predicted molar refractivity (Wildman–Crippen MR) is 97.5 cm³/mol. The van der Waals surface area contributed by atoms with Gasteiger partial charge in [-0.05, 0) is 19.1 Å². The normalized spacial score (nSPS) is 12.1. The number of thioether (sulfide) groups is 1. The number of carbonyl (C=O) groups is 1. The highest BCUT2D eigenvalue weighted by atomic mass is 35.5. The van der Waals surface area contributed by atoms with Crippen molar-refractivity contribution in [2.45, 2.75) is 17.3 Å². The van der Waals surface area contributed by atoms with E-state index in [1.165, 1.54) is 11.8 Å². The van der Waals surface area contributed by atoms with Crippen LogP contribution in [0.15, 0.2) is 59.8 Å². The Balaban J connectivity index is 1.82. The number of carbonyl (C=O) groups excluding carboxylic acids is 1. The molecule has 3 rings (SSSR count). The number of ketones is 1. The number of hydrogen-bond acceptors (Lipinski definition) is 4. The lowest BCUT2D eigenvalue weighted by atomic mass is 10.1. The molecule has 0 amide bonds. The van der Waals surface area contributed by atoms with Gasteiger partial charge in [0.25, 0.3) is 0 Å². The first kappa shape index (κ1) is 16.7. The van der Waals surface area contributed by atoms with Crippen molar-refractivity contribution >= 4 is 29.1 Å². The Labute approximate surface area is 149 Å². The van der Waals surface area contributed by atoms with Crippen molar-refractivity contribution in [1.29, 1.82) is 0 Å². The molecule has 0 saturated heterocycles. The zero-order chi connectivity index (χ0) is 17.1. The number of rotatable bonds is 5. The summed E-state index contributed by atoms with van der Waals surface area (Å²) in [6.45, 7) is 1.88. The summed E-state index contributed by atoms with van der Waals surface area (Å²) in [4.78, 5) is 12.5. The monoisotopic (exact) mass is 357 g/mol. The van der Waals surface area contributed by atoms with Crippen LogP contribution in [0.2, 0.25) is 5.02 Å². The van der Waals surface area contributed by atoms with E-state index < -0.39 is 0 Å². The summed E-state index contributed by atoms with van der Waals surface area (Å²) in [5, 5.41) is 9.49. The quantitative estimate of drug-likeness (QED) is 0.498. The van der Waals surface area contributed by atoms with Crippen LogP contribution < -0.4 is 0 Å². The molecule has 24 heavy (non-hydrogen) atoms. The van der Waals surface area contributed by atoms with Crippen molar-refractivity contribution in [3.05, 3.63) is 65.2 Å². The van der Waals surface area contributed by atoms with Crippen molar-refractivity contribution in [3.63, 3.8) is 0 Å². The molecule has 0 aliphatic rings. The highest BCUT2D eigenvalue weighted by Gasteiger charge is 2.20. The second kappa shape index (κ2) is 7.20. The van der Waals surface area contributed by atoms with E-state index in [0.29, 0.717) is 21.6 Å². The molecule has 1 heterocycles. The zero-order valence-corrected chi connectivity index (χ0v) is 14.9. The highest BCUT2D eigenvalue weighted by Crippen LogP contribution is 2.30. The number of hydrogen-bond donors (Lipinski definition) is 0. The van der Waals surface area contributed by atoms with E-state index in [0.717, 1.165) is 5.56 Å². The number of benzene rings is 2. The second-order valence-corrected chi connectivity index (χ2v) is 7.05. The number of aromatic nitrogens is 3. The molecule has 3 aromatic rings. The number of nitrogens with zero attached hydrogens (tertiary/aromatic N) is 3. The van der Waals surface area contributed by atoms with Gasteiger partial charge in [-0.3, -0.25) is 4.79 Å². The summed E-state index contributed by atoms with van der Waals surface area (Å²) in [6, 6.07) is 16.8. The standard InChI is InChI=1S/C18H16ClN3OS/c1-12(16(23)13-8-4-3-5-9-13)24-18-21-20-17(22(18)2)14-10-6-7-11-15(14)19/h3-12H,1-2H3/t12-/m0/s1. The Morgan fingerprint density at radius 1 is 1.08 bits per heavy atom. The minimum absolute atomic E-state index is 0.0721. The molecule has 0 radical (unpaired) electrons. The average Bonchev–Trinajstić information content (AvgIpc) is 2.96. The van der Waals surface area contributed by atoms with E-state index in [1.54, 1.807) is 0 Å². The molecule has 0 N–H and O–H groups in total. The zero-order valence-electron chi connectivity index (χ0n) is 13.3. The van der Waals surface area contributed by atoms with E-state index in [9.17, 15) is 4.79 Å². The Hall–Kier alpha value is -2.11.